The summed E-state index contributed by atoms with van der Waals surface area (Å²) in [7, 11) is 0. The molecule has 20 heavy (non-hydrogen) atoms. The van der Waals surface area contributed by atoms with E-state index in [1.54, 1.807) is 4.90 Å². The molecule has 1 saturated heterocycles. The molecule has 1 atom stereocenters. The second-order valence-corrected chi connectivity index (χ2v) is 5.37. The van der Waals surface area contributed by atoms with Gasteiger partial charge in [0.25, 0.3) is 5.91 Å². The summed E-state index contributed by atoms with van der Waals surface area (Å²) >= 11 is 0. The van der Waals surface area contributed by atoms with E-state index >= 15 is 0 Å². The quantitative estimate of drug-likeness (QED) is 0.742. The van der Waals surface area contributed by atoms with Crippen molar-refractivity contribution in [2.24, 2.45) is 0 Å². The van der Waals surface area contributed by atoms with Gasteiger partial charge in [0.2, 0.25) is 0 Å². The van der Waals surface area contributed by atoms with Crippen LogP contribution in [0.25, 0.3) is 0 Å². The van der Waals surface area contributed by atoms with Crippen molar-refractivity contribution >= 4 is 5.91 Å². The first-order valence-electron chi connectivity index (χ1n) is 6.54. The molecule has 1 unspecified atom stereocenters. The van der Waals surface area contributed by atoms with Crippen LogP contribution in [0.2, 0.25) is 0 Å². The number of β-amino-alcohol motifs (C(OH)–C–C–N with tert-alkyl or cyclic N) is 1. The number of nitrogens with one attached hydrogen (secondary N) is 2. The molecule has 7 heteroatoms. The summed E-state index contributed by atoms with van der Waals surface area (Å²) in [6.45, 7) is 4.55. The first-order valence-corrected chi connectivity index (χ1v) is 6.54. The number of carbonyl (C=O) groups is 1. The third kappa shape index (κ3) is 2.00. The van der Waals surface area contributed by atoms with E-state index in [4.69, 9.17) is 0 Å². The number of aryl methyl sites for hydroxylation is 2. The van der Waals surface area contributed by atoms with Crippen LogP contribution in [0.3, 0.4) is 0 Å². The average molecular weight is 275 g/mol. The van der Waals surface area contributed by atoms with Crippen molar-refractivity contribution in [2.45, 2.75) is 25.9 Å². The first kappa shape index (κ1) is 12.9. The zero-order chi connectivity index (χ0) is 14.3. The number of hydrogen-bond donors (Lipinski definition) is 3. The molecule has 1 aliphatic heterocycles. The van der Waals surface area contributed by atoms with Crippen molar-refractivity contribution in [3.8, 4) is 0 Å². The lowest BCUT2D eigenvalue weighted by Gasteiger charge is -2.21. The Morgan fingerprint density at radius 3 is 2.90 bits per heavy atom. The third-order valence-corrected chi connectivity index (χ3v) is 3.79. The largest absolute Gasteiger partial charge is 0.381 e. The van der Waals surface area contributed by atoms with E-state index in [1.807, 2.05) is 19.9 Å². The van der Waals surface area contributed by atoms with Crippen LogP contribution in [-0.2, 0) is 5.60 Å². The summed E-state index contributed by atoms with van der Waals surface area (Å²) < 4.78 is 0. The molecule has 2 aromatic heterocycles. The molecule has 0 aromatic carbocycles. The molecule has 7 nitrogen and oxygen atoms in total. The van der Waals surface area contributed by atoms with E-state index in [9.17, 15) is 9.90 Å². The van der Waals surface area contributed by atoms with Crippen LogP contribution in [0.1, 0.15) is 33.9 Å². The van der Waals surface area contributed by atoms with Gasteiger partial charge in [-0.2, -0.15) is 15.4 Å². The zero-order valence-corrected chi connectivity index (χ0v) is 11.5. The molecule has 1 fully saturated rings. The molecule has 0 spiro atoms. The summed E-state index contributed by atoms with van der Waals surface area (Å²) in [6.07, 6.45) is 1.96. The summed E-state index contributed by atoms with van der Waals surface area (Å²) in [5.41, 5.74) is 1.83. The van der Waals surface area contributed by atoms with Crippen LogP contribution in [0.15, 0.2) is 12.3 Å². The number of aromatic nitrogens is 4. The average Bonchev–Trinajstić information content (AvgIpc) is 3.09. The molecule has 0 bridgehead atoms. The Hall–Kier alpha value is -2.15. The Morgan fingerprint density at radius 2 is 2.30 bits per heavy atom. The minimum absolute atomic E-state index is 0.0879. The Kier molecular flexibility index (Phi) is 2.86. The van der Waals surface area contributed by atoms with Gasteiger partial charge in [-0.25, -0.2) is 0 Å². The second kappa shape index (κ2) is 4.45. The van der Waals surface area contributed by atoms with Crippen molar-refractivity contribution in [3.05, 3.63) is 34.9 Å². The molecule has 1 aliphatic rings. The molecule has 1 amide bonds. The van der Waals surface area contributed by atoms with Crippen LogP contribution in [0, 0.1) is 13.8 Å². The number of aromatic amines is 2. The van der Waals surface area contributed by atoms with Crippen molar-refractivity contribution in [3.63, 3.8) is 0 Å². The van der Waals surface area contributed by atoms with Crippen LogP contribution < -0.4 is 0 Å². The molecule has 106 valence electrons. The predicted molar refractivity (Wildman–Crippen MR) is 71.1 cm³/mol. The highest BCUT2D eigenvalue weighted by Crippen LogP contribution is 2.31. The van der Waals surface area contributed by atoms with Gasteiger partial charge in [-0.05, 0) is 25.5 Å². The highest BCUT2D eigenvalue weighted by Gasteiger charge is 2.42. The van der Waals surface area contributed by atoms with Crippen molar-refractivity contribution in [1.82, 2.24) is 25.3 Å². The number of aliphatic hydroxyl groups is 1. The molecule has 0 radical (unpaired) electrons. The number of hydrogen-bond acceptors (Lipinski definition) is 4. The lowest BCUT2D eigenvalue weighted by molar-refractivity contribution is 0.0380. The maximum atomic E-state index is 12.5. The molecule has 0 aliphatic carbocycles. The third-order valence-electron chi connectivity index (χ3n) is 3.79. The maximum absolute atomic E-state index is 12.5. The maximum Gasteiger partial charge on any atom is 0.270 e. The van der Waals surface area contributed by atoms with Gasteiger partial charge in [-0.1, -0.05) is 0 Å². The van der Waals surface area contributed by atoms with Gasteiger partial charge in [0.15, 0.2) is 0 Å². The summed E-state index contributed by atoms with van der Waals surface area (Å²) in [5, 5.41) is 20.7. The summed E-state index contributed by atoms with van der Waals surface area (Å²) in [5.74, 6) is -0.0879. The Morgan fingerprint density at radius 1 is 1.50 bits per heavy atom. The fraction of sp³-hybridized carbons (Fsp3) is 0.462. The van der Waals surface area contributed by atoms with Gasteiger partial charge in [-0.15, -0.1) is 0 Å². The van der Waals surface area contributed by atoms with E-state index in [1.165, 1.54) is 6.20 Å². The second-order valence-electron chi connectivity index (χ2n) is 5.37. The molecule has 3 rings (SSSR count). The van der Waals surface area contributed by atoms with Crippen molar-refractivity contribution in [2.75, 3.05) is 13.1 Å². The number of nitrogens with zero attached hydrogens (tertiary/aromatic N) is 3. The standard InChI is InChI=1S/C13H17N5O2/c1-8-5-9(2)15-11(8)12(19)18-4-3-13(20,7-18)10-6-14-17-16-10/h5-6,15,20H,3-4,7H2,1-2H3,(H,14,16,17). The van der Waals surface area contributed by atoms with Gasteiger partial charge < -0.3 is 15.0 Å². The van der Waals surface area contributed by atoms with Crippen LogP contribution >= 0.6 is 0 Å². The van der Waals surface area contributed by atoms with E-state index in [-0.39, 0.29) is 12.5 Å². The smallest absolute Gasteiger partial charge is 0.270 e. The molecule has 3 N–H and O–H groups in total. The first-order chi connectivity index (χ1) is 9.49. The fourth-order valence-corrected chi connectivity index (χ4v) is 2.71. The lowest BCUT2D eigenvalue weighted by Crippen LogP contribution is -2.35. The Balaban J connectivity index is 1.81. The topological polar surface area (TPSA) is 97.9 Å². The van der Waals surface area contributed by atoms with Gasteiger partial charge in [0.05, 0.1) is 12.7 Å². The Bertz CT molecular complexity index is 633. The molecule has 2 aromatic rings. The Labute approximate surface area is 116 Å². The van der Waals surface area contributed by atoms with Crippen LogP contribution in [0.5, 0.6) is 0 Å². The van der Waals surface area contributed by atoms with E-state index in [0.717, 1.165) is 11.3 Å². The molecular formula is C13H17N5O2. The lowest BCUT2D eigenvalue weighted by atomic mass is 10.00. The molecular weight excluding hydrogens is 258 g/mol. The van der Waals surface area contributed by atoms with E-state index in [0.29, 0.717) is 24.4 Å². The van der Waals surface area contributed by atoms with Gasteiger partial charge in [0.1, 0.15) is 17.0 Å². The number of rotatable bonds is 2. The number of H-pyrrole nitrogens is 2. The van der Waals surface area contributed by atoms with Crippen LogP contribution in [0.4, 0.5) is 0 Å². The van der Waals surface area contributed by atoms with E-state index < -0.39 is 5.60 Å². The number of amides is 1. The number of likely N-dealkylation sites (tertiary alicyclic amines) is 1. The molecule has 3 heterocycles. The summed E-state index contributed by atoms with van der Waals surface area (Å²) in [6, 6.07) is 1.94. The minimum atomic E-state index is -1.11. The van der Waals surface area contributed by atoms with Gasteiger partial charge in [0, 0.05) is 18.7 Å². The van der Waals surface area contributed by atoms with Crippen LogP contribution in [-0.4, -0.2) is 49.4 Å². The van der Waals surface area contributed by atoms with Gasteiger partial charge in [-0.3, -0.25) is 4.79 Å². The highest BCUT2D eigenvalue weighted by molar-refractivity contribution is 5.94. The van der Waals surface area contributed by atoms with E-state index in [2.05, 4.69) is 20.4 Å². The van der Waals surface area contributed by atoms with Crippen molar-refractivity contribution in [1.29, 1.82) is 0 Å². The predicted octanol–water partition coefficient (Wildman–Crippen LogP) is 0.483. The highest BCUT2D eigenvalue weighted by atomic mass is 16.3. The zero-order valence-electron chi connectivity index (χ0n) is 11.5. The fourth-order valence-electron chi connectivity index (χ4n) is 2.71. The summed E-state index contributed by atoms with van der Waals surface area (Å²) in [4.78, 5) is 17.2. The van der Waals surface area contributed by atoms with Crippen molar-refractivity contribution < 1.29 is 9.90 Å². The minimum Gasteiger partial charge on any atom is -0.381 e. The SMILES string of the molecule is Cc1cc(C)c(C(=O)N2CCC(O)(c3cn[nH]n3)C2)[nH]1. The molecule has 0 saturated carbocycles. The van der Waals surface area contributed by atoms with Gasteiger partial charge >= 0.3 is 0 Å². The normalized spacial score (nSPS) is 22.4. The number of carbonyl (C=O) groups excluding carboxylic acids is 1. The monoisotopic (exact) mass is 275 g/mol.